The monoisotopic (exact) mass is 265 g/mol. The number of nitrogens with zero attached hydrogens (tertiary/aromatic N) is 2. The van der Waals surface area contributed by atoms with Crippen molar-refractivity contribution in [2.24, 2.45) is 0 Å². The Morgan fingerprint density at radius 2 is 2.26 bits per heavy atom. The number of aliphatic hydroxyl groups is 1. The van der Waals surface area contributed by atoms with Crippen LogP contribution in [0.25, 0.3) is 0 Å². The van der Waals surface area contributed by atoms with Crippen molar-refractivity contribution in [2.75, 3.05) is 23.8 Å². The number of carboxylic acids is 1. The van der Waals surface area contributed by atoms with Crippen LogP contribution in [0.2, 0.25) is 0 Å². The van der Waals surface area contributed by atoms with Crippen LogP contribution in [0.15, 0.2) is 12.1 Å². The van der Waals surface area contributed by atoms with E-state index in [4.69, 9.17) is 15.9 Å². The van der Waals surface area contributed by atoms with Crippen LogP contribution in [0.1, 0.15) is 36.2 Å². The molecule has 1 unspecified atom stereocenters. The fourth-order valence-electron chi connectivity index (χ4n) is 2.54. The van der Waals surface area contributed by atoms with Gasteiger partial charge >= 0.3 is 5.97 Å². The number of rotatable bonds is 4. The molecule has 2 rings (SSSR count). The molecule has 1 atom stereocenters. The quantitative estimate of drug-likeness (QED) is 0.754. The summed E-state index contributed by atoms with van der Waals surface area (Å²) in [6, 6.07) is 3.17. The molecule has 0 bridgehead atoms. The molecule has 1 saturated heterocycles. The lowest BCUT2D eigenvalue weighted by Crippen LogP contribution is -2.41. The second kappa shape index (κ2) is 5.88. The molecule has 6 nitrogen and oxygen atoms in total. The molecule has 1 aromatic rings. The summed E-state index contributed by atoms with van der Waals surface area (Å²) in [5.41, 5.74) is 6.40. The van der Waals surface area contributed by atoms with Gasteiger partial charge in [-0.15, -0.1) is 0 Å². The van der Waals surface area contributed by atoms with Crippen molar-refractivity contribution < 1.29 is 15.0 Å². The van der Waals surface area contributed by atoms with Crippen LogP contribution in [0.3, 0.4) is 0 Å². The average Bonchev–Trinajstić information content (AvgIpc) is 2.40. The number of carboxylic acid groups (broad SMARTS) is 1. The largest absolute Gasteiger partial charge is 0.477 e. The lowest BCUT2D eigenvalue weighted by atomic mass is 9.99. The van der Waals surface area contributed by atoms with Crippen molar-refractivity contribution in [1.29, 1.82) is 0 Å². The van der Waals surface area contributed by atoms with Crippen LogP contribution in [-0.4, -0.2) is 40.4 Å². The highest BCUT2D eigenvalue weighted by Gasteiger charge is 2.25. The molecule has 0 spiro atoms. The van der Waals surface area contributed by atoms with Gasteiger partial charge in [0.25, 0.3) is 0 Å². The van der Waals surface area contributed by atoms with Crippen molar-refractivity contribution >= 4 is 17.5 Å². The number of nitrogens with two attached hydrogens (primary N) is 1. The van der Waals surface area contributed by atoms with Gasteiger partial charge in [-0.2, -0.15) is 0 Å². The number of aliphatic hydroxyl groups excluding tert-OH is 1. The van der Waals surface area contributed by atoms with E-state index in [1.54, 1.807) is 6.07 Å². The van der Waals surface area contributed by atoms with Gasteiger partial charge in [0, 0.05) is 19.2 Å². The molecule has 0 radical (unpaired) electrons. The summed E-state index contributed by atoms with van der Waals surface area (Å²) in [7, 11) is 0. The molecular formula is C13H19N3O3. The number of aromatic nitrogens is 1. The average molecular weight is 265 g/mol. The molecule has 0 aromatic carbocycles. The number of anilines is 2. The highest BCUT2D eigenvalue weighted by Crippen LogP contribution is 2.29. The van der Waals surface area contributed by atoms with Crippen LogP contribution < -0.4 is 10.6 Å². The molecule has 1 aromatic heterocycles. The number of aromatic carboxylic acids is 1. The fraction of sp³-hybridized carbons (Fsp3) is 0.538. The number of carbonyl (C=O) groups is 1. The zero-order chi connectivity index (χ0) is 13.8. The Labute approximate surface area is 111 Å². The second-order valence-corrected chi connectivity index (χ2v) is 4.77. The van der Waals surface area contributed by atoms with Crippen LogP contribution in [0, 0.1) is 0 Å². The molecule has 1 aliphatic rings. The third-order valence-corrected chi connectivity index (χ3v) is 3.49. The molecule has 4 N–H and O–H groups in total. The van der Waals surface area contributed by atoms with E-state index in [0.717, 1.165) is 25.8 Å². The minimum Gasteiger partial charge on any atom is -0.477 e. The van der Waals surface area contributed by atoms with E-state index in [2.05, 4.69) is 4.98 Å². The number of hydrogen-bond acceptors (Lipinski definition) is 5. The first kappa shape index (κ1) is 13.6. The molecular weight excluding hydrogens is 246 g/mol. The molecule has 1 aliphatic heterocycles. The van der Waals surface area contributed by atoms with Crippen molar-refractivity contribution in [3.63, 3.8) is 0 Å². The lowest BCUT2D eigenvalue weighted by Gasteiger charge is -2.37. The minimum absolute atomic E-state index is 0.00229. The Kier molecular flexibility index (Phi) is 4.21. The summed E-state index contributed by atoms with van der Waals surface area (Å²) >= 11 is 0. The van der Waals surface area contributed by atoms with Gasteiger partial charge in [-0.1, -0.05) is 0 Å². The fourth-order valence-corrected chi connectivity index (χ4v) is 2.54. The maximum atomic E-state index is 11.0. The third kappa shape index (κ3) is 2.96. The van der Waals surface area contributed by atoms with E-state index in [1.807, 2.05) is 4.90 Å². The lowest BCUT2D eigenvalue weighted by molar-refractivity contribution is 0.0690. The van der Waals surface area contributed by atoms with E-state index in [-0.39, 0.29) is 18.3 Å². The van der Waals surface area contributed by atoms with Crippen molar-refractivity contribution in [3.8, 4) is 0 Å². The van der Waals surface area contributed by atoms with E-state index in [1.165, 1.54) is 6.07 Å². The van der Waals surface area contributed by atoms with E-state index in [9.17, 15) is 4.79 Å². The first-order valence-corrected chi connectivity index (χ1v) is 6.51. The van der Waals surface area contributed by atoms with Crippen molar-refractivity contribution in [2.45, 2.75) is 31.7 Å². The van der Waals surface area contributed by atoms with Crippen LogP contribution >= 0.6 is 0 Å². The maximum Gasteiger partial charge on any atom is 0.354 e. The number of piperidine rings is 1. The Morgan fingerprint density at radius 1 is 1.47 bits per heavy atom. The molecule has 2 heterocycles. The Hall–Kier alpha value is -1.82. The van der Waals surface area contributed by atoms with Crippen LogP contribution in [0.4, 0.5) is 11.5 Å². The summed E-state index contributed by atoms with van der Waals surface area (Å²) in [5, 5.41) is 18.1. The zero-order valence-electron chi connectivity index (χ0n) is 10.7. The van der Waals surface area contributed by atoms with Crippen molar-refractivity contribution in [1.82, 2.24) is 4.98 Å². The molecule has 1 fully saturated rings. The van der Waals surface area contributed by atoms with Gasteiger partial charge in [-0.25, -0.2) is 9.78 Å². The molecule has 6 heteroatoms. The third-order valence-electron chi connectivity index (χ3n) is 3.49. The minimum atomic E-state index is -1.06. The van der Waals surface area contributed by atoms with Gasteiger partial charge in [0.1, 0.15) is 0 Å². The smallest absolute Gasteiger partial charge is 0.354 e. The Balaban J connectivity index is 2.32. The number of nitrogen functional groups attached to an aromatic ring is 1. The van der Waals surface area contributed by atoms with Gasteiger partial charge in [0.2, 0.25) is 0 Å². The Morgan fingerprint density at radius 3 is 2.95 bits per heavy atom. The van der Waals surface area contributed by atoms with Crippen molar-refractivity contribution in [3.05, 3.63) is 17.8 Å². The summed E-state index contributed by atoms with van der Waals surface area (Å²) in [5.74, 6) is -0.532. The first-order chi connectivity index (χ1) is 9.13. The van der Waals surface area contributed by atoms with Gasteiger partial charge in [0.05, 0.1) is 5.69 Å². The first-order valence-electron chi connectivity index (χ1n) is 6.51. The van der Waals surface area contributed by atoms with Gasteiger partial charge < -0.3 is 20.8 Å². The van der Waals surface area contributed by atoms with E-state index in [0.29, 0.717) is 17.9 Å². The van der Waals surface area contributed by atoms with E-state index < -0.39 is 5.97 Å². The molecule has 0 saturated carbocycles. The maximum absolute atomic E-state index is 11.0. The summed E-state index contributed by atoms with van der Waals surface area (Å²) in [6.45, 7) is 0.907. The van der Waals surface area contributed by atoms with E-state index >= 15 is 0 Å². The highest BCUT2D eigenvalue weighted by atomic mass is 16.4. The summed E-state index contributed by atoms with van der Waals surface area (Å²) < 4.78 is 0. The Bertz CT molecular complexity index is 462. The number of pyridine rings is 1. The van der Waals surface area contributed by atoms with Gasteiger partial charge in [-0.05, 0) is 37.8 Å². The number of hydrogen-bond donors (Lipinski definition) is 3. The highest BCUT2D eigenvalue weighted by molar-refractivity contribution is 5.87. The van der Waals surface area contributed by atoms with Gasteiger partial charge in [0.15, 0.2) is 11.5 Å². The topological polar surface area (TPSA) is 99.7 Å². The predicted molar refractivity (Wildman–Crippen MR) is 72.3 cm³/mol. The van der Waals surface area contributed by atoms with Gasteiger partial charge in [-0.3, -0.25) is 0 Å². The molecule has 19 heavy (non-hydrogen) atoms. The summed E-state index contributed by atoms with van der Waals surface area (Å²) in [4.78, 5) is 17.2. The predicted octanol–water partition coefficient (Wildman–Crippen LogP) is 1.10. The van der Waals surface area contributed by atoms with Crippen LogP contribution in [-0.2, 0) is 0 Å². The zero-order valence-corrected chi connectivity index (χ0v) is 10.7. The standard InChI is InChI=1S/C13H19N3O3/c14-10-4-5-11(13(18)19)15-12(10)16-7-2-1-3-9(16)6-8-17/h4-5,9,17H,1-3,6-8,14H2,(H,18,19). The normalized spacial score (nSPS) is 19.4. The SMILES string of the molecule is Nc1ccc(C(=O)O)nc1N1CCCCC1CCO. The second-order valence-electron chi connectivity index (χ2n) is 4.77. The summed E-state index contributed by atoms with van der Waals surface area (Å²) in [6.07, 6.45) is 3.76. The molecule has 0 amide bonds. The molecule has 0 aliphatic carbocycles. The molecule has 104 valence electrons. The van der Waals surface area contributed by atoms with Crippen LogP contribution in [0.5, 0.6) is 0 Å².